The van der Waals surface area contributed by atoms with Gasteiger partial charge < -0.3 is 24.8 Å². The van der Waals surface area contributed by atoms with Crippen LogP contribution in [0.1, 0.15) is 20.7 Å². The Bertz CT molecular complexity index is 1230. The van der Waals surface area contributed by atoms with E-state index in [-0.39, 0.29) is 29.2 Å². The standard InChI is InChI=1S/C25H21BrN2O7/c1-33-24(31)18-6-2-4-8-20(18)28-23(30)15-35-25(32)19-7-3-5-9-21(19)34-14-22(29)27-17-12-10-16(26)11-13-17/h2-13H,14-15H2,1H3,(H,27,29)(H,28,30). The van der Waals surface area contributed by atoms with Crippen LogP contribution in [0.25, 0.3) is 0 Å². The third-order valence-corrected chi connectivity index (χ3v) is 5.06. The van der Waals surface area contributed by atoms with Crippen molar-refractivity contribution in [2.24, 2.45) is 0 Å². The van der Waals surface area contributed by atoms with E-state index in [2.05, 4.69) is 31.3 Å². The van der Waals surface area contributed by atoms with Crippen molar-refractivity contribution in [1.29, 1.82) is 0 Å². The van der Waals surface area contributed by atoms with E-state index in [1.54, 1.807) is 48.5 Å². The lowest BCUT2D eigenvalue weighted by Gasteiger charge is -2.12. The van der Waals surface area contributed by atoms with Crippen LogP contribution in [0.5, 0.6) is 5.75 Å². The molecular formula is C25H21BrN2O7. The fraction of sp³-hybridized carbons (Fsp3) is 0.120. The summed E-state index contributed by atoms with van der Waals surface area (Å²) >= 11 is 3.32. The van der Waals surface area contributed by atoms with Gasteiger partial charge in [0, 0.05) is 10.2 Å². The van der Waals surface area contributed by atoms with Crippen LogP contribution in [-0.2, 0) is 19.1 Å². The average Bonchev–Trinajstić information content (AvgIpc) is 2.87. The summed E-state index contributed by atoms with van der Waals surface area (Å²) in [5, 5.41) is 5.19. The number of nitrogens with one attached hydrogen (secondary N) is 2. The van der Waals surface area contributed by atoms with E-state index in [0.717, 1.165) is 4.47 Å². The fourth-order valence-corrected chi connectivity index (χ4v) is 3.17. The molecule has 35 heavy (non-hydrogen) atoms. The summed E-state index contributed by atoms with van der Waals surface area (Å²) < 4.78 is 16.2. The van der Waals surface area contributed by atoms with Gasteiger partial charge in [-0.15, -0.1) is 0 Å². The highest BCUT2D eigenvalue weighted by atomic mass is 79.9. The predicted molar refractivity (Wildman–Crippen MR) is 131 cm³/mol. The maximum Gasteiger partial charge on any atom is 0.342 e. The topological polar surface area (TPSA) is 120 Å². The number of hydrogen-bond acceptors (Lipinski definition) is 7. The van der Waals surface area contributed by atoms with Crippen LogP contribution in [0.3, 0.4) is 0 Å². The van der Waals surface area contributed by atoms with Crippen molar-refractivity contribution in [3.8, 4) is 5.75 Å². The maximum absolute atomic E-state index is 12.6. The molecule has 9 nitrogen and oxygen atoms in total. The molecule has 0 atom stereocenters. The largest absolute Gasteiger partial charge is 0.483 e. The molecular weight excluding hydrogens is 520 g/mol. The summed E-state index contributed by atoms with van der Waals surface area (Å²) in [6.07, 6.45) is 0. The molecule has 0 bridgehead atoms. The Morgan fingerprint density at radius 3 is 2.09 bits per heavy atom. The van der Waals surface area contributed by atoms with Gasteiger partial charge in [-0.05, 0) is 48.5 Å². The minimum Gasteiger partial charge on any atom is -0.483 e. The second kappa shape index (κ2) is 12.3. The van der Waals surface area contributed by atoms with Crippen molar-refractivity contribution in [2.45, 2.75) is 0 Å². The first-order valence-corrected chi connectivity index (χ1v) is 11.1. The Labute approximate surface area is 209 Å². The molecule has 0 aliphatic rings. The molecule has 0 saturated heterocycles. The van der Waals surface area contributed by atoms with Crippen molar-refractivity contribution in [1.82, 2.24) is 0 Å². The van der Waals surface area contributed by atoms with E-state index >= 15 is 0 Å². The summed E-state index contributed by atoms with van der Waals surface area (Å²) in [5.41, 5.74) is 1.02. The van der Waals surface area contributed by atoms with Crippen molar-refractivity contribution >= 4 is 51.1 Å². The van der Waals surface area contributed by atoms with Gasteiger partial charge in [0.05, 0.1) is 18.4 Å². The quantitative estimate of drug-likeness (QED) is 0.393. The predicted octanol–water partition coefficient (Wildman–Crippen LogP) is 4.05. The SMILES string of the molecule is COC(=O)c1ccccc1NC(=O)COC(=O)c1ccccc1OCC(=O)Nc1ccc(Br)cc1. The monoisotopic (exact) mass is 540 g/mol. The molecule has 10 heteroatoms. The van der Waals surface area contributed by atoms with E-state index in [0.29, 0.717) is 5.69 Å². The Balaban J connectivity index is 1.56. The van der Waals surface area contributed by atoms with Crippen molar-refractivity contribution in [3.05, 3.63) is 88.4 Å². The van der Waals surface area contributed by atoms with Crippen LogP contribution < -0.4 is 15.4 Å². The number of esters is 2. The molecule has 0 heterocycles. The molecule has 180 valence electrons. The van der Waals surface area contributed by atoms with Crippen LogP contribution in [0, 0.1) is 0 Å². The van der Waals surface area contributed by atoms with Crippen molar-refractivity contribution < 1.29 is 33.4 Å². The van der Waals surface area contributed by atoms with Gasteiger partial charge in [0.25, 0.3) is 11.8 Å². The molecule has 3 aromatic rings. The molecule has 2 N–H and O–H groups in total. The Kier molecular flexibility index (Phi) is 8.96. The molecule has 3 aromatic carbocycles. The minimum absolute atomic E-state index is 0.0479. The first-order valence-electron chi connectivity index (χ1n) is 10.3. The second-order valence-electron chi connectivity index (χ2n) is 7.00. The van der Waals surface area contributed by atoms with Crippen molar-refractivity contribution in [2.75, 3.05) is 31.0 Å². The molecule has 0 spiro atoms. The highest BCUT2D eigenvalue weighted by Gasteiger charge is 2.18. The molecule has 0 aromatic heterocycles. The summed E-state index contributed by atoms with van der Waals surface area (Å²) in [7, 11) is 1.23. The summed E-state index contributed by atoms with van der Waals surface area (Å²) in [6.45, 7) is -0.947. The molecule has 0 unspecified atom stereocenters. The zero-order chi connectivity index (χ0) is 25.2. The van der Waals surface area contributed by atoms with Crippen molar-refractivity contribution in [3.63, 3.8) is 0 Å². The maximum atomic E-state index is 12.6. The number of anilines is 2. The Morgan fingerprint density at radius 2 is 1.37 bits per heavy atom. The fourth-order valence-electron chi connectivity index (χ4n) is 2.91. The van der Waals surface area contributed by atoms with Gasteiger partial charge in [0.2, 0.25) is 0 Å². The average molecular weight is 541 g/mol. The molecule has 2 amide bonds. The lowest BCUT2D eigenvalue weighted by Crippen LogP contribution is -2.23. The third-order valence-electron chi connectivity index (χ3n) is 4.53. The van der Waals surface area contributed by atoms with Gasteiger partial charge in [-0.3, -0.25) is 9.59 Å². The van der Waals surface area contributed by atoms with Crippen LogP contribution in [0.2, 0.25) is 0 Å². The van der Waals surface area contributed by atoms with Crippen LogP contribution in [-0.4, -0.2) is 44.1 Å². The Morgan fingerprint density at radius 1 is 0.743 bits per heavy atom. The number of ether oxygens (including phenoxy) is 3. The van der Waals surface area contributed by atoms with E-state index in [9.17, 15) is 19.2 Å². The van der Waals surface area contributed by atoms with Gasteiger partial charge in [-0.25, -0.2) is 9.59 Å². The van der Waals surface area contributed by atoms with Gasteiger partial charge in [-0.1, -0.05) is 40.2 Å². The molecule has 0 radical (unpaired) electrons. The van der Waals surface area contributed by atoms with Gasteiger partial charge in [0.1, 0.15) is 11.3 Å². The van der Waals surface area contributed by atoms with Gasteiger partial charge in [-0.2, -0.15) is 0 Å². The third kappa shape index (κ3) is 7.41. The number of halogens is 1. The molecule has 0 fully saturated rings. The number of rotatable bonds is 9. The molecule has 0 saturated carbocycles. The van der Waals surface area contributed by atoms with Gasteiger partial charge >= 0.3 is 11.9 Å². The highest BCUT2D eigenvalue weighted by molar-refractivity contribution is 9.10. The first kappa shape index (κ1) is 25.4. The normalized spacial score (nSPS) is 10.1. The Hall–Kier alpha value is -4.18. The minimum atomic E-state index is -0.815. The smallest absolute Gasteiger partial charge is 0.342 e. The number of amides is 2. The van der Waals surface area contributed by atoms with Gasteiger partial charge in [0.15, 0.2) is 13.2 Å². The number of carbonyl (C=O) groups excluding carboxylic acids is 4. The molecule has 0 aliphatic carbocycles. The molecule has 0 aliphatic heterocycles. The molecule has 3 rings (SSSR count). The van der Waals surface area contributed by atoms with Crippen LogP contribution >= 0.6 is 15.9 Å². The van der Waals surface area contributed by atoms with E-state index in [1.807, 2.05) is 0 Å². The number of hydrogen-bond donors (Lipinski definition) is 2. The summed E-state index contributed by atoms with van der Waals surface area (Å²) in [4.78, 5) is 48.8. The van der Waals surface area contributed by atoms with E-state index < -0.39 is 30.4 Å². The second-order valence-corrected chi connectivity index (χ2v) is 7.92. The summed E-state index contributed by atoms with van der Waals surface area (Å²) in [6, 6.07) is 19.5. The lowest BCUT2D eigenvalue weighted by molar-refractivity contribution is -0.119. The van der Waals surface area contributed by atoms with E-state index in [4.69, 9.17) is 9.47 Å². The number of carbonyl (C=O) groups is 4. The zero-order valence-corrected chi connectivity index (χ0v) is 20.2. The summed E-state index contributed by atoms with van der Waals surface area (Å²) in [5.74, 6) is -2.38. The lowest BCUT2D eigenvalue weighted by atomic mass is 10.2. The zero-order valence-electron chi connectivity index (χ0n) is 18.6. The van der Waals surface area contributed by atoms with E-state index in [1.165, 1.54) is 31.4 Å². The number of para-hydroxylation sites is 2. The van der Waals surface area contributed by atoms with Crippen LogP contribution in [0.15, 0.2) is 77.3 Å². The first-order chi connectivity index (χ1) is 16.9. The van der Waals surface area contributed by atoms with Crippen LogP contribution in [0.4, 0.5) is 11.4 Å². The highest BCUT2D eigenvalue weighted by Crippen LogP contribution is 2.20. The number of benzene rings is 3. The number of methoxy groups -OCH3 is 1.